The zero-order valence-electron chi connectivity index (χ0n) is 18.4. The summed E-state index contributed by atoms with van der Waals surface area (Å²) in [6.07, 6.45) is 1.85. The number of esters is 1. The lowest BCUT2D eigenvalue weighted by Crippen LogP contribution is -2.40. The first kappa shape index (κ1) is 23.5. The summed E-state index contributed by atoms with van der Waals surface area (Å²) in [4.78, 5) is 32.7. The predicted molar refractivity (Wildman–Crippen MR) is 132 cm³/mol. The standard InChI is InChI=1S/C23H21BrN2O5S2/c1-5-31-22(28)19-12(2)25-23-26(21(27)18(33-23)9-13-7-6-8-32-13)20(19)14-10-16(29-3)17(30-4)11-15(14)24/h6-11,20H,5H2,1-4H3/b18-9-. The van der Waals surface area contributed by atoms with Crippen molar-refractivity contribution in [1.82, 2.24) is 4.57 Å². The van der Waals surface area contributed by atoms with Crippen LogP contribution in [0.1, 0.15) is 30.3 Å². The van der Waals surface area contributed by atoms with Gasteiger partial charge < -0.3 is 14.2 Å². The van der Waals surface area contributed by atoms with Crippen LogP contribution in [0.15, 0.2) is 55.2 Å². The van der Waals surface area contributed by atoms with Crippen molar-refractivity contribution in [2.45, 2.75) is 19.9 Å². The number of rotatable bonds is 6. The summed E-state index contributed by atoms with van der Waals surface area (Å²) in [6.45, 7) is 3.70. The van der Waals surface area contributed by atoms with Gasteiger partial charge in [-0.2, -0.15) is 0 Å². The Balaban J connectivity index is 2.02. The Hall–Kier alpha value is -2.69. The molecule has 1 aliphatic heterocycles. The number of carbonyl (C=O) groups excluding carboxylic acids is 1. The summed E-state index contributed by atoms with van der Waals surface area (Å²) in [5.74, 6) is 0.490. The number of ether oxygens (including phenoxy) is 3. The molecule has 0 amide bonds. The van der Waals surface area contributed by atoms with Crippen molar-refractivity contribution in [2.24, 2.45) is 4.99 Å². The third kappa shape index (κ3) is 4.30. The fourth-order valence-electron chi connectivity index (χ4n) is 3.67. The molecule has 1 unspecified atom stereocenters. The Labute approximate surface area is 206 Å². The van der Waals surface area contributed by atoms with Gasteiger partial charge in [-0.25, -0.2) is 9.79 Å². The van der Waals surface area contributed by atoms with E-state index in [4.69, 9.17) is 14.2 Å². The predicted octanol–water partition coefficient (Wildman–Crippen LogP) is 3.64. The Kier molecular flexibility index (Phi) is 6.87. The third-order valence-corrected chi connectivity index (χ3v) is 7.62. The highest BCUT2D eigenvalue weighted by Gasteiger charge is 2.35. The van der Waals surface area contributed by atoms with Crippen LogP contribution in [0.2, 0.25) is 0 Å². The molecule has 10 heteroatoms. The van der Waals surface area contributed by atoms with E-state index < -0.39 is 12.0 Å². The van der Waals surface area contributed by atoms with Crippen LogP contribution in [-0.2, 0) is 9.53 Å². The lowest BCUT2D eigenvalue weighted by molar-refractivity contribution is -0.139. The van der Waals surface area contributed by atoms with Gasteiger partial charge in [-0.15, -0.1) is 11.3 Å². The highest BCUT2D eigenvalue weighted by Crippen LogP contribution is 2.40. The Morgan fingerprint density at radius 3 is 2.64 bits per heavy atom. The van der Waals surface area contributed by atoms with Gasteiger partial charge >= 0.3 is 5.97 Å². The fraction of sp³-hybridized carbons (Fsp3) is 0.261. The smallest absolute Gasteiger partial charge is 0.338 e. The van der Waals surface area contributed by atoms with E-state index in [2.05, 4.69) is 20.9 Å². The van der Waals surface area contributed by atoms with Crippen LogP contribution in [0.25, 0.3) is 6.08 Å². The van der Waals surface area contributed by atoms with Crippen LogP contribution >= 0.6 is 38.6 Å². The SMILES string of the molecule is CCOC(=O)C1=C(C)N=c2s/c(=C\c3cccs3)c(=O)n2C1c1cc(OC)c(OC)cc1Br. The number of allylic oxidation sites excluding steroid dienone is 1. The number of benzene rings is 1. The molecule has 1 atom stereocenters. The van der Waals surface area contributed by atoms with Gasteiger partial charge in [0.2, 0.25) is 0 Å². The van der Waals surface area contributed by atoms with Crippen molar-refractivity contribution < 1.29 is 19.0 Å². The molecule has 7 nitrogen and oxygen atoms in total. The summed E-state index contributed by atoms with van der Waals surface area (Å²) in [5.41, 5.74) is 1.24. The number of fused-ring (bicyclic) bond motifs is 1. The number of aromatic nitrogens is 1. The highest BCUT2D eigenvalue weighted by atomic mass is 79.9. The quantitative estimate of drug-likeness (QED) is 0.439. The van der Waals surface area contributed by atoms with Crippen molar-refractivity contribution in [1.29, 1.82) is 0 Å². The van der Waals surface area contributed by atoms with E-state index in [0.29, 0.717) is 42.1 Å². The van der Waals surface area contributed by atoms with E-state index in [9.17, 15) is 9.59 Å². The maximum absolute atomic E-state index is 13.6. The normalized spacial score (nSPS) is 15.8. The van der Waals surface area contributed by atoms with Gasteiger partial charge in [0, 0.05) is 9.35 Å². The Morgan fingerprint density at radius 1 is 1.27 bits per heavy atom. The van der Waals surface area contributed by atoms with E-state index in [1.165, 1.54) is 18.4 Å². The molecular formula is C23H21BrN2O5S2. The van der Waals surface area contributed by atoms with Crippen LogP contribution < -0.4 is 24.4 Å². The molecule has 0 saturated carbocycles. The van der Waals surface area contributed by atoms with Gasteiger partial charge in [0.15, 0.2) is 16.3 Å². The van der Waals surface area contributed by atoms with Gasteiger partial charge in [-0.05, 0) is 49.1 Å². The van der Waals surface area contributed by atoms with Gasteiger partial charge in [-0.3, -0.25) is 9.36 Å². The minimum Gasteiger partial charge on any atom is -0.493 e. The zero-order chi connectivity index (χ0) is 23.7. The van der Waals surface area contributed by atoms with Crippen LogP contribution in [-0.4, -0.2) is 31.4 Å². The number of hydrogen-bond acceptors (Lipinski definition) is 8. The van der Waals surface area contributed by atoms with Crippen LogP contribution in [0, 0.1) is 0 Å². The van der Waals surface area contributed by atoms with E-state index in [1.54, 1.807) is 49.0 Å². The number of nitrogens with zero attached hydrogens (tertiary/aromatic N) is 2. The molecule has 0 bridgehead atoms. The lowest BCUT2D eigenvalue weighted by Gasteiger charge is -2.26. The van der Waals surface area contributed by atoms with E-state index in [-0.39, 0.29) is 12.2 Å². The number of carbonyl (C=O) groups is 1. The van der Waals surface area contributed by atoms with Gasteiger partial charge in [0.05, 0.1) is 42.7 Å². The fourth-order valence-corrected chi connectivity index (χ4v) is 5.98. The number of thiophene rings is 1. The van der Waals surface area contributed by atoms with Crippen molar-refractivity contribution in [2.75, 3.05) is 20.8 Å². The van der Waals surface area contributed by atoms with Crippen molar-refractivity contribution in [3.63, 3.8) is 0 Å². The minimum atomic E-state index is -0.750. The molecule has 0 spiro atoms. The minimum absolute atomic E-state index is 0.207. The second-order valence-corrected chi connectivity index (χ2v) is 9.89. The van der Waals surface area contributed by atoms with E-state index >= 15 is 0 Å². The first-order valence-electron chi connectivity index (χ1n) is 10.0. The average Bonchev–Trinajstić information content (AvgIpc) is 3.41. The monoisotopic (exact) mass is 548 g/mol. The summed E-state index contributed by atoms with van der Waals surface area (Å²) in [5, 5.41) is 1.95. The molecule has 3 heterocycles. The van der Waals surface area contributed by atoms with E-state index in [0.717, 1.165) is 4.88 Å². The van der Waals surface area contributed by atoms with Crippen LogP contribution in [0.5, 0.6) is 11.5 Å². The van der Waals surface area contributed by atoms with Gasteiger partial charge in [0.25, 0.3) is 5.56 Å². The van der Waals surface area contributed by atoms with Gasteiger partial charge in [-0.1, -0.05) is 33.3 Å². The van der Waals surface area contributed by atoms with Crippen molar-refractivity contribution >= 4 is 50.6 Å². The molecule has 0 saturated heterocycles. The second kappa shape index (κ2) is 9.66. The molecule has 2 aromatic heterocycles. The molecule has 1 aromatic carbocycles. The first-order valence-corrected chi connectivity index (χ1v) is 12.5. The summed E-state index contributed by atoms with van der Waals surface area (Å²) >= 11 is 6.43. The Bertz CT molecular complexity index is 1420. The lowest BCUT2D eigenvalue weighted by atomic mass is 9.95. The van der Waals surface area contributed by atoms with Crippen LogP contribution in [0.4, 0.5) is 0 Å². The molecule has 172 valence electrons. The second-order valence-electron chi connectivity index (χ2n) is 7.05. The molecule has 1 aliphatic rings. The molecule has 4 rings (SSSR count). The maximum atomic E-state index is 13.6. The van der Waals surface area contributed by atoms with Gasteiger partial charge in [0.1, 0.15) is 0 Å². The third-order valence-electron chi connectivity index (χ3n) is 5.13. The first-order chi connectivity index (χ1) is 15.9. The molecule has 0 aliphatic carbocycles. The summed E-state index contributed by atoms with van der Waals surface area (Å²) < 4.78 is 19.0. The summed E-state index contributed by atoms with van der Waals surface area (Å²) in [6, 6.07) is 6.65. The highest BCUT2D eigenvalue weighted by molar-refractivity contribution is 9.10. The van der Waals surface area contributed by atoms with Crippen molar-refractivity contribution in [3.05, 3.63) is 75.5 Å². The van der Waals surface area contributed by atoms with Crippen molar-refractivity contribution in [3.8, 4) is 11.5 Å². The molecule has 3 aromatic rings. The number of thiazole rings is 1. The topological polar surface area (TPSA) is 79.1 Å². The molecule has 0 N–H and O–H groups in total. The van der Waals surface area contributed by atoms with E-state index in [1.807, 2.05) is 23.6 Å². The average molecular weight is 549 g/mol. The maximum Gasteiger partial charge on any atom is 0.338 e. The molecular weight excluding hydrogens is 528 g/mol. The van der Waals surface area contributed by atoms with Crippen LogP contribution in [0.3, 0.4) is 0 Å². The largest absolute Gasteiger partial charge is 0.493 e. The number of hydrogen-bond donors (Lipinski definition) is 0. The summed E-state index contributed by atoms with van der Waals surface area (Å²) in [7, 11) is 3.08. The molecule has 0 fully saturated rings. The molecule has 0 radical (unpaired) electrons. The molecule has 33 heavy (non-hydrogen) atoms. The zero-order valence-corrected chi connectivity index (χ0v) is 21.6. The number of halogens is 1. The number of methoxy groups -OCH3 is 2. The Morgan fingerprint density at radius 2 is 2.00 bits per heavy atom.